The Morgan fingerprint density at radius 2 is 1.72 bits per heavy atom. The van der Waals surface area contributed by atoms with Crippen LogP contribution in [0.15, 0.2) is 83.1 Å². The molecule has 0 atom stereocenters. The van der Waals surface area contributed by atoms with Gasteiger partial charge in [0.15, 0.2) is 10.9 Å². The molecule has 0 unspecified atom stereocenters. The fraction of sp³-hybridized carbons (Fsp3) is 0.107. The molecule has 0 aliphatic heterocycles. The zero-order chi connectivity index (χ0) is 27.4. The van der Waals surface area contributed by atoms with Gasteiger partial charge in [-0.05, 0) is 74.9 Å². The molecule has 0 bridgehead atoms. The van der Waals surface area contributed by atoms with Gasteiger partial charge in [-0.3, -0.25) is 14.7 Å². The largest absolute Gasteiger partial charge is 0.359 e. The number of urea groups is 1. The molecule has 5 rings (SSSR count). The van der Waals surface area contributed by atoms with E-state index in [1.165, 1.54) is 11.3 Å². The summed E-state index contributed by atoms with van der Waals surface area (Å²) < 4.78 is 5.06. The molecule has 0 radical (unpaired) electrons. The number of carbonyl (C=O) groups excluding carboxylic acids is 2. The van der Waals surface area contributed by atoms with E-state index in [1.807, 2.05) is 47.5 Å². The summed E-state index contributed by atoms with van der Waals surface area (Å²) >= 11 is 1.51. The molecule has 0 aliphatic carbocycles. The van der Waals surface area contributed by atoms with E-state index in [2.05, 4.69) is 31.1 Å². The van der Waals surface area contributed by atoms with Gasteiger partial charge in [0.25, 0.3) is 5.91 Å². The maximum atomic E-state index is 13.0. The number of aryl methyl sites for hydroxylation is 3. The third-order valence-electron chi connectivity index (χ3n) is 5.90. The Hall–Kier alpha value is -5.03. The zero-order valence-corrected chi connectivity index (χ0v) is 22.2. The molecule has 0 spiro atoms. The average Bonchev–Trinajstić information content (AvgIpc) is 3.58. The monoisotopic (exact) mass is 539 g/mol. The van der Waals surface area contributed by atoms with Gasteiger partial charge in [0.05, 0.1) is 17.6 Å². The Morgan fingerprint density at radius 3 is 2.38 bits per heavy atom. The van der Waals surface area contributed by atoms with Crippen LogP contribution in [0.25, 0.3) is 0 Å². The van der Waals surface area contributed by atoms with Gasteiger partial charge in [-0.15, -0.1) is 11.3 Å². The second-order valence-corrected chi connectivity index (χ2v) is 9.55. The lowest BCUT2D eigenvalue weighted by Crippen LogP contribution is -2.20. The van der Waals surface area contributed by atoms with Gasteiger partial charge in [0, 0.05) is 34.7 Å². The number of aromatic nitrogens is 3. The molecule has 5 aromatic rings. The van der Waals surface area contributed by atoms with Crippen molar-refractivity contribution in [3.8, 4) is 0 Å². The predicted molar refractivity (Wildman–Crippen MR) is 152 cm³/mol. The minimum Gasteiger partial charge on any atom is -0.359 e. The molecule has 0 fully saturated rings. The number of benzene rings is 2. The topological polar surface area (TPSA) is 125 Å². The lowest BCUT2D eigenvalue weighted by molar-refractivity contribution is 0.102. The van der Waals surface area contributed by atoms with Gasteiger partial charge < -0.3 is 20.5 Å². The number of nitrogens with zero attached hydrogens (tertiary/aromatic N) is 4. The van der Waals surface area contributed by atoms with Gasteiger partial charge in [0.2, 0.25) is 0 Å². The first-order valence-corrected chi connectivity index (χ1v) is 12.9. The number of amides is 3. The van der Waals surface area contributed by atoms with E-state index in [9.17, 15) is 9.59 Å². The predicted octanol–water partition coefficient (Wildman–Crippen LogP) is 6.82. The van der Waals surface area contributed by atoms with Crippen molar-refractivity contribution in [1.29, 1.82) is 0 Å². The van der Waals surface area contributed by atoms with E-state index in [0.29, 0.717) is 34.1 Å². The fourth-order valence-electron chi connectivity index (χ4n) is 3.94. The average molecular weight is 540 g/mol. The first-order valence-electron chi connectivity index (χ1n) is 12.0. The van der Waals surface area contributed by atoms with Crippen LogP contribution >= 0.6 is 11.3 Å². The molecule has 0 saturated heterocycles. The van der Waals surface area contributed by atoms with Crippen LogP contribution in [-0.4, -0.2) is 27.1 Å². The van der Waals surface area contributed by atoms with Gasteiger partial charge in [-0.2, -0.15) is 0 Å². The molecule has 11 heteroatoms. The lowest BCUT2D eigenvalue weighted by Gasteiger charge is -2.24. The summed E-state index contributed by atoms with van der Waals surface area (Å²) in [5.74, 6) is 0.239. The molecule has 3 aromatic heterocycles. The molecular weight excluding hydrogens is 514 g/mol. The standard InChI is InChI=1S/C28H25N7O3S/c1-17-6-9-22(15-24(17)35(28-30-13-14-39-28)23-5-4-12-29-16-23)31-26(36)20-7-10-21(11-8-20)32-27(37)33-25-18(2)34-38-19(25)3/h4-16H,1-3H3,(H,31,36)(H2,32,33,37). The molecule has 10 nitrogen and oxygen atoms in total. The van der Waals surface area contributed by atoms with Crippen molar-refractivity contribution >= 4 is 56.8 Å². The highest BCUT2D eigenvalue weighted by atomic mass is 32.1. The van der Waals surface area contributed by atoms with E-state index < -0.39 is 6.03 Å². The quantitative estimate of drug-likeness (QED) is 0.207. The Labute approximate surface area is 228 Å². The van der Waals surface area contributed by atoms with Crippen LogP contribution in [0.3, 0.4) is 0 Å². The molecule has 3 N–H and O–H groups in total. The molecule has 0 aliphatic rings. The smallest absolute Gasteiger partial charge is 0.323 e. The number of hydrogen-bond acceptors (Lipinski definition) is 8. The third-order valence-corrected chi connectivity index (χ3v) is 6.66. The SMILES string of the molecule is Cc1ccc(NC(=O)c2ccc(NC(=O)Nc3c(C)noc3C)cc2)cc1N(c1cccnc1)c1nccs1. The fourth-order valence-corrected chi connectivity index (χ4v) is 4.61. The van der Waals surface area contributed by atoms with Crippen LogP contribution in [0, 0.1) is 20.8 Å². The molecular formula is C28H25N7O3S. The van der Waals surface area contributed by atoms with Crippen LogP contribution < -0.4 is 20.9 Å². The summed E-state index contributed by atoms with van der Waals surface area (Å²) in [4.78, 5) is 36.2. The van der Waals surface area contributed by atoms with Crippen molar-refractivity contribution in [3.63, 3.8) is 0 Å². The maximum absolute atomic E-state index is 13.0. The second-order valence-electron chi connectivity index (χ2n) is 8.67. The van der Waals surface area contributed by atoms with Crippen LogP contribution in [-0.2, 0) is 0 Å². The Morgan fingerprint density at radius 1 is 0.923 bits per heavy atom. The number of carbonyl (C=O) groups is 2. The van der Waals surface area contributed by atoms with Crippen molar-refractivity contribution < 1.29 is 14.1 Å². The van der Waals surface area contributed by atoms with Crippen molar-refractivity contribution in [3.05, 3.63) is 101 Å². The first kappa shape index (κ1) is 25.6. The Balaban J connectivity index is 1.30. The lowest BCUT2D eigenvalue weighted by atomic mass is 10.1. The number of anilines is 6. The van der Waals surface area contributed by atoms with Crippen molar-refractivity contribution in [2.75, 3.05) is 20.9 Å². The summed E-state index contributed by atoms with van der Waals surface area (Å²) in [6, 6.07) is 15.7. The van der Waals surface area contributed by atoms with Gasteiger partial charge in [0.1, 0.15) is 11.4 Å². The maximum Gasteiger partial charge on any atom is 0.323 e. The molecule has 2 aromatic carbocycles. The highest BCUT2D eigenvalue weighted by Gasteiger charge is 2.18. The molecule has 39 heavy (non-hydrogen) atoms. The van der Waals surface area contributed by atoms with E-state index in [4.69, 9.17) is 4.52 Å². The van der Waals surface area contributed by atoms with E-state index in [0.717, 1.165) is 22.1 Å². The van der Waals surface area contributed by atoms with Crippen LogP contribution in [0.4, 0.5) is 38.4 Å². The zero-order valence-electron chi connectivity index (χ0n) is 21.4. The normalized spacial score (nSPS) is 10.6. The van der Waals surface area contributed by atoms with Crippen molar-refractivity contribution in [2.45, 2.75) is 20.8 Å². The highest BCUT2D eigenvalue weighted by Crippen LogP contribution is 2.38. The van der Waals surface area contributed by atoms with Gasteiger partial charge in [-0.25, -0.2) is 9.78 Å². The van der Waals surface area contributed by atoms with E-state index in [-0.39, 0.29) is 5.91 Å². The summed E-state index contributed by atoms with van der Waals surface area (Å²) in [6.45, 7) is 5.47. The number of pyridine rings is 1. The molecule has 3 heterocycles. The van der Waals surface area contributed by atoms with Gasteiger partial charge >= 0.3 is 6.03 Å². The van der Waals surface area contributed by atoms with E-state index >= 15 is 0 Å². The molecule has 3 amide bonds. The number of nitrogens with one attached hydrogen (secondary N) is 3. The molecule has 196 valence electrons. The van der Waals surface area contributed by atoms with Crippen LogP contribution in [0.5, 0.6) is 0 Å². The minimum atomic E-state index is -0.438. The van der Waals surface area contributed by atoms with Crippen molar-refractivity contribution in [1.82, 2.24) is 15.1 Å². The third kappa shape index (κ3) is 5.78. The highest BCUT2D eigenvalue weighted by molar-refractivity contribution is 7.13. The summed E-state index contributed by atoms with van der Waals surface area (Å²) in [7, 11) is 0. The van der Waals surface area contributed by atoms with Gasteiger partial charge in [-0.1, -0.05) is 11.2 Å². The van der Waals surface area contributed by atoms with E-state index in [1.54, 1.807) is 56.7 Å². The summed E-state index contributed by atoms with van der Waals surface area (Å²) in [5, 5.41) is 14.9. The minimum absolute atomic E-state index is 0.279. The number of thiazole rings is 1. The first-order chi connectivity index (χ1) is 18.9. The number of rotatable bonds is 7. The van der Waals surface area contributed by atoms with Crippen molar-refractivity contribution in [2.24, 2.45) is 0 Å². The molecule has 0 saturated carbocycles. The second kappa shape index (κ2) is 11.2. The summed E-state index contributed by atoms with van der Waals surface area (Å²) in [5.41, 5.74) is 5.47. The van der Waals surface area contributed by atoms with Crippen LogP contribution in [0.1, 0.15) is 27.4 Å². The Bertz CT molecular complexity index is 1580. The summed E-state index contributed by atoms with van der Waals surface area (Å²) in [6.07, 6.45) is 5.25. The Kier molecular flexibility index (Phi) is 7.32. The van der Waals surface area contributed by atoms with Crippen LogP contribution in [0.2, 0.25) is 0 Å². The number of hydrogen-bond donors (Lipinski definition) is 3.